The summed E-state index contributed by atoms with van der Waals surface area (Å²) in [6.07, 6.45) is 0. The van der Waals surface area contributed by atoms with Gasteiger partial charge in [0.1, 0.15) is 16.4 Å². The van der Waals surface area contributed by atoms with Gasteiger partial charge >= 0.3 is 0 Å². The summed E-state index contributed by atoms with van der Waals surface area (Å²) in [7, 11) is 1.52. The van der Waals surface area contributed by atoms with Crippen molar-refractivity contribution in [1.82, 2.24) is 4.98 Å². The molecule has 1 aromatic heterocycles. The maximum Gasteiger partial charge on any atom is 0.293 e. The second-order valence-electron chi connectivity index (χ2n) is 7.92. The molecule has 4 aromatic rings. The number of benzene rings is 3. The molecule has 1 aliphatic rings. The fraction of sp³-hybridized carbons (Fsp3) is 0.200. The van der Waals surface area contributed by atoms with E-state index >= 15 is 0 Å². The van der Waals surface area contributed by atoms with Crippen LogP contribution in [0.3, 0.4) is 0 Å². The van der Waals surface area contributed by atoms with E-state index in [1.54, 1.807) is 35.6 Å². The lowest BCUT2D eigenvalue weighted by Gasteiger charge is -2.28. The monoisotopic (exact) mass is 490 g/mol. The van der Waals surface area contributed by atoms with Crippen LogP contribution in [0.2, 0.25) is 0 Å². The van der Waals surface area contributed by atoms with E-state index in [4.69, 9.17) is 9.47 Å². The molecule has 0 atom stereocenters. The van der Waals surface area contributed by atoms with Gasteiger partial charge in [0.2, 0.25) is 0 Å². The highest BCUT2D eigenvalue weighted by atomic mass is 32.1. The summed E-state index contributed by atoms with van der Waals surface area (Å²) >= 11 is 1.55. The number of anilines is 2. The molecule has 0 bridgehead atoms. The molecule has 0 saturated carbocycles. The minimum absolute atomic E-state index is 0.116. The Hall–Kier alpha value is -4.02. The molecule has 0 radical (unpaired) electrons. The first kappa shape index (κ1) is 22.8. The normalized spacial score (nSPS) is 13.6. The van der Waals surface area contributed by atoms with Crippen LogP contribution in [0, 0.1) is 10.1 Å². The highest BCUT2D eigenvalue weighted by Crippen LogP contribution is 2.35. The number of nitro groups is 1. The van der Waals surface area contributed by atoms with Crippen LogP contribution in [-0.4, -0.2) is 49.2 Å². The molecule has 0 aliphatic carbocycles. The zero-order valence-electron chi connectivity index (χ0n) is 18.9. The third-order valence-electron chi connectivity index (χ3n) is 5.77. The minimum Gasteiger partial charge on any atom is -0.495 e. The van der Waals surface area contributed by atoms with Crippen molar-refractivity contribution in [2.24, 2.45) is 0 Å². The Bertz CT molecular complexity index is 1380. The number of nitrogens with one attached hydrogen (secondary N) is 1. The first-order chi connectivity index (χ1) is 17.0. The topological polar surface area (TPSA) is 107 Å². The Morgan fingerprint density at radius 2 is 1.94 bits per heavy atom. The van der Waals surface area contributed by atoms with E-state index in [1.165, 1.54) is 13.2 Å². The van der Waals surface area contributed by atoms with E-state index in [-0.39, 0.29) is 11.3 Å². The predicted octanol–water partition coefficient (Wildman–Crippen LogP) is 4.97. The maximum absolute atomic E-state index is 13.1. The molecule has 3 aromatic carbocycles. The van der Waals surface area contributed by atoms with E-state index in [0.717, 1.165) is 20.8 Å². The van der Waals surface area contributed by atoms with Gasteiger partial charge in [-0.25, -0.2) is 4.98 Å². The zero-order chi connectivity index (χ0) is 24.4. The molecule has 2 heterocycles. The van der Waals surface area contributed by atoms with Gasteiger partial charge in [0.25, 0.3) is 11.6 Å². The van der Waals surface area contributed by atoms with Crippen molar-refractivity contribution in [1.29, 1.82) is 0 Å². The second kappa shape index (κ2) is 9.69. The number of carbonyl (C=O) groups excluding carboxylic acids is 1. The Morgan fingerprint density at radius 1 is 1.14 bits per heavy atom. The van der Waals surface area contributed by atoms with E-state index in [2.05, 4.69) is 10.3 Å². The van der Waals surface area contributed by atoms with Crippen molar-refractivity contribution >= 4 is 44.5 Å². The summed E-state index contributed by atoms with van der Waals surface area (Å²) in [5.41, 5.74) is 2.73. The fourth-order valence-electron chi connectivity index (χ4n) is 4.01. The van der Waals surface area contributed by atoms with Gasteiger partial charge in [-0.15, -0.1) is 11.3 Å². The SMILES string of the molecule is COc1ccc(-c2nc3ccccc3s2)cc1NC(=O)c1ccc(N2CCOCC2)c([N+](=O)[O-])c1. The molecule has 178 valence electrons. The van der Waals surface area contributed by atoms with Gasteiger partial charge in [0, 0.05) is 30.3 Å². The second-order valence-corrected chi connectivity index (χ2v) is 8.95. The minimum atomic E-state index is -0.471. The number of fused-ring (bicyclic) bond motifs is 1. The van der Waals surface area contributed by atoms with Crippen LogP contribution in [0.4, 0.5) is 17.1 Å². The zero-order valence-corrected chi connectivity index (χ0v) is 19.7. The number of hydrogen-bond donors (Lipinski definition) is 1. The number of para-hydroxylation sites is 1. The van der Waals surface area contributed by atoms with Gasteiger partial charge in [0.05, 0.1) is 41.2 Å². The number of aromatic nitrogens is 1. The van der Waals surface area contributed by atoms with Gasteiger partial charge in [0.15, 0.2) is 0 Å². The molecule has 0 spiro atoms. The van der Waals surface area contributed by atoms with E-state index in [9.17, 15) is 14.9 Å². The van der Waals surface area contributed by atoms with Crippen LogP contribution in [0.15, 0.2) is 60.7 Å². The van der Waals surface area contributed by atoms with E-state index in [1.807, 2.05) is 35.2 Å². The molecule has 1 fully saturated rings. The Kier molecular flexibility index (Phi) is 6.30. The van der Waals surface area contributed by atoms with Gasteiger partial charge in [-0.05, 0) is 42.5 Å². The number of hydrogen-bond acceptors (Lipinski definition) is 8. The van der Waals surface area contributed by atoms with Crippen LogP contribution in [-0.2, 0) is 4.74 Å². The Labute approximate surface area is 205 Å². The average Bonchev–Trinajstić information content (AvgIpc) is 3.33. The maximum atomic E-state index is 13.1. The summed E-state index contributed by atoms with van der Waals surface area (Å²) < 4.78 is 11.8. The lowest BCUT2D eigenvalue weighted by molar-refractivity contribution is -0.384. The molecule has 9 nitrogen and oxygen atoms in total. The first-order valence-corrected chi connectivity index (χ1v) is 11.8. The summed E-state index contributed by atoms with van der Waals surface area (Å²) in [4.78, 5) is 31.0. The van der Waals surface area contributed by atoms with Crippen molar-refractivity contribution in [2.75, 3.05) is 43.6 Å². The molecule has 1 aliphatic heterocycles. The highest BCUT2D eigenvalue weighted by Gasteiger charge is 2.24. The fourth-order valence-corrected chi connectivity index (χ4v) is 4.97. The van der Waals surface area contributed by atoms with Gasteiger partial charge in [-0.2, -0.15) is 0 Å². The predicted molar refractivity (Wildman–Crippen MR) is 136 cm³/mol. The first-order valence-electron chi connectivity index (χ1n) is 11.0. The summed E-state index contributed by atoms with van der Waals surface area (Å²) in [6, 6.07) is 17.8. The van der Waals surface area contributed by atoms with Crippen molar-refractivity contribution in [3.63, 3.8) is 0 Å². The number of amides is 1. The number of nitrogens with zero attached hydrogens (tertiary/aromatic N) is 3. The average molecular weight is 491 g/mol. The third kappa shape index (κ3) is 4.66. The Morgan fingerprint density at radius 3 is 2.69 bits per heavy atom. The van der Waals surface area contributed by atoms with Crippen molar-refractivity contribution < 1.29 is 19.2 Å². The Balaban J connectivity index is 1.44. The summed E-state index contributed by atoms with van der Waals surface area (Å²) in [6.45, 7) is 2.12. The van der Waals surface area contributed by atoms with Gasteiger partial charge in [-0.1, -0.05) is 12.1 Å². The molecule has 1 amide bonds. The number of ether oxygens (including phenoxy) is 2. The van der Waals surface area contributed by atoms with Crippen LogP contribution in [0.1, 0.15) is 10.4 Å². The quantitative estimate of drug-likeness (QED) is 0.300. The highest BCUT2D eigenvalue weighted by molar-refractivity contribution is 7.21. The lowest BCUT2D eigenvalue weighted by atomic mass is 10.1. The molecule has 35 heavy (non-hydrogen) atoms. The van der Waals surface area contributed by atoms with Crippen molar-refractivity contribution in [3.8, 4) is 16.3 Å². The van der Waals surface area contributed by atoms with Gasteiger partial charge < -0.3 is 19.7 Å². The van der Waals surface area contributed by atoms with Crippen molar-refractivity contribution in [2.45, 2.75) is 0 Å². The molecule has 1 N–H and O–H groups in total. The van der Waals surface area contributed by atoms with Crippen LogP contribution in [0.5, 0.6) is 5.75 Å². The van der Waals surface area contributed by atoms with E-state index < -0.39 is 10.8 Å². The molecule has 5 rings (SSSR count). The van der Waals surface area contributed by atoms with E-state index in [0.29, 0.717) is 43.4 Å². The lowest BCUT2D eigenvalue weighted by Crippen LogP contribution is -2.36. The largest absolute Gasteiger partial charge is 0.495 e. The number of methoxy groups -OCH3 is 1. The molecule has 10 heteroatoms. The number of nitro benzene ring substituents is 1. The smallest absolute Gasteiger partial charge is 0.293 e. The summed E-state index contributed by atoms with van der Waals surface area (Å²) in [5.74, 6) is 0.00373. The number of carbonyl (C=O) groups is 1. The standard InChI is InChI=1S/C25H22N4O5S/c1-33-22-9-7-17(25-27-18-4-2-3-5-23(18)35-25)14-19(22)26-24(30)16-6-8-20(21(15-16)29(31)32)28-10-12-34-13-11-28/h2-9,14-15H,10-13H2,1H3,(H,26,30). The number of thiazole rings is 1. The number of rotatable bonds is 6. The molecular formula is C25H22N4O5S. The number of morpholine rings is 1. The van der Waals surface area contributed by atoms with Crippen molar-refractivity contribution in [3.05, 3.63) is 76.3 Å². The molecular weight excluding hydrogens is 468 g/mol. The summed E-state index contributed by atoms with van der Waals surface area (Å²) in [5, 5.41) is 15.4. The molecule has 0 unspecified atom stereocenters. The molecule has 1 saturated heterocycles. The third-order valence-corrected chi connectivity index (χ3v) is 6.86. The van der Waals surface area contributed by atoms with Gasteiger partial charge in [-0.3, -0.25) is 14.9 Å². The van der Waals surface area contributed by atoms with Crippen LogP contribution < -0.4 is 15.0 Å². The van der Waals surface area contributed by atoms with Crippen LogP contribution >= 0.6 is 11.3 Å². The van der Waals surface area contributed by atoms with Crippen LogP contribution in [0.25, 0.3) is 20.8 Å².